The van der Waals surface area contributed by atoms with E-state index in [0.717, 1.165) is 37.5 Å². The van der Waals surface area contributed by atoms with E-state index in [1.54, 1.807) is 36.8 Å². The molecule has 3 aromatic heterocycles. The molecule has 1 aliphatic rings. The number of pyridine rings is 1. The first-order valence-corrected chi connectivity index (χ1v) is 10.3. The van der Waals surface area contributed by atoms with Crippen LogP contribution in [0.5, 0.6) is 0 Å². The lowest BCUT2D eigenvalue weighted by Crippen LogP contribution is -2.43. The van der Waals surface area contributed by atoms with Crippen molar-refractivity contribution in [2.24, 2.45) is 0 Å². The third kappa shape index (κ3) is 3.65. The van der Waals surface area contributed by atoms with Crippen LogP contribution in [0.3, 0.4) is 0 Å². The Morgan fingerprint density at radius 2 is 1.77 bits per heavy atom. The molecule has 1 aliphatic heterocycles. The Morgan fingerprint density at radius 3 is 2.50 bits per heavy atom. The predicted octanol–water partition coefficient (Wildman–Crippen LogP) is 3.87. The number of fused-ring (bicyclic) bond motifs is 1. The maximum Gasteiger partial charge on any atom is 0.159 e. The van der Waals surface area contributed by atoms with Crippen molar-refractivity contribution >= 4 is 51.7 Å². The number of imidazole rings is 1. The van der Waals surface area contributed by atoms with Crippen LogP contribution in [0.1, 0.15) is 0 Å². The molecule has 0 aliphatic carbocycles. The molecule has 1 aromatic carbocycles. The second kappa shape index (κ2) is 8.06. The molecule has 152 valence electrons. The van der Waals surface area contributed by atoms with Gasteiger partial charge in [0.05, 0.1) is 33.5 Å². The van der Waals surface area contributed by atoms with E-state index in [-0.39, 0.29) is 0 Å². The van der Waals surface area contributed by atoms with Crippen LogP contribution in [0.4, 0.5) is 17.5 Å². The molecule has 0 atom stereocenters. The summed E-state index contributed by atoms with van der Waals surface area (Å²) in [5.41, 5.74) is 2.13. The highest BCUT2D eigenvalue weighted by Gasteiger charge is 2.16. The highest BCUT2D eigenvalue weighted by molar-refractivity contribution is 6.39. The summed E-state index contributed by atoms with van der Waals surface area (Å²) in [5, 5.41) is 7.59. The summed E-state index contributed by atoms with van der Waals surface area (Å²) in [7, 11) is 0. The van der Waals surface area contributed by atoms with Crippen molar-refractivity contribution in [2.75, 3.05) is 36.4 Å². The lowest BCUT2D eigenvalue weighted by atomic mass is 10.2. The number of aromatic amines is 1. The van der Waals surface area contributed by atoms with Gasteiger partial charge in [-0.05, 0) is 18.2 Å². The number of aromatic nitrogens is 5. The van der Waals surface area contributed by atoms with Crippen molar-refractivity contribution in [1.29, 1.82) is 0 Å². The van der Waals surface area contributed by atoms with E-state index in [1.807, 2.05) is 6.07 Å². The number of anilines is 3. The van der Waals surface area contributed by atoms with Crippen LogP contribution >= 0.6 is 23.2 Å². The molecule has 0 saturated carbocycles. The third-order valence-corrected chi connectivity index (χ3v) is 5.56. The summed E-state index contributed by atoms with van der Waals surface area (Å²) in [6, 6.07) is 7.21. The summed E-state index contributed by atoms with van der Waals surface area (Å²) in [6.07, 6.45) is 5.17. The minimum atomic E-state index is 0.526. The average molecular weight is 441 g/mol. The van der Waals surface area contributed by atoms with Crippen LogP contribution in [0.15, 0.2) is 42.9 Å². The van der Waals surface area contributed by atoms with Crippen molar-refractivity contribution in [3.63, 3.8) is 0 Å². The Morgan fingerprint density at radius 1 is 0.967 bits per heavy atom. The monoisotopic (exact) mass is 440 g/mol. The third-order valence-electron chi connectivity index (χ3n) is 4.93. The van der Waals surface area contributed by atoms with Crippen LogP contribution in [0, 0.1) is 0 Å². The molecular formula is C20H18Cl2N8. The van der Waals surface area contributed by atoms with Gasteiger partial charge < -0.3 is 20.5 Å². The number of halogens is 2. The van der Waals surface area contributed by atoms with Gasteiger partial charge >= 0.3 is 0 Å². The first kappa shape index (κ1) is 19.0. The summed E-state index contributed by atoms with van der Waals surface area (Å²) in [5.74, 6) is 2.61. The first-order chi connectivity index (χ1) is 14.7. The summed E-state index contributed by atoms with van der Waals surface area (Å²) >= 11 is 12.7. The van der Waals surface area contributed by atoms with Crippen molar-refractivity contribution in [2.45, 2.75) is 0 Å². The summed E-state index contributed by atoms with van der Waals surface area (Å²) in [6.45, 7) is 3.74. The molecule has 1 fully saturated rings. The second-order valence-electron chi connectivity index (χ2n) is 6.86. The molecule has 0 unspecified atom stereocenters. The highest BCUT2D eigenvalue weighted by Crippen LogP contribution is 2.34. The van der Waals surface area contributed by atoms with Gasteiger partial charge in [-0.3, -0.25) is 0 Å². The van der Waals surface area contributed by atoms with E-state index < -0.39 is 0 Å². The largest absolute Gasteiger partial charge is 0.353 e. The van der Waals surface area contributed by atoms with Crippen molar-refractivity contribution in [1.82, 2.24) is 30.2 Å². The second-order valence-corrected chi connectivity index (χ2v) is 7.67. The molecule has 1 saturated heterocycles. The van der Waals surface area contributed by atoms with E-state index in [1.165, 1.54) is 0 Å². The number of benzene rings is 1. The number of hydrogen-bond acceptors (Lipinski definition) is 7. The van der Waals surface area contributed by atoms with Gasteiger partial charge in [0.15, 0.2) is 5.82 Å². The van der Waals surface area contributed by atoms with Crippen molar-refractivity contribution in [3.8, 4) is 11.4 Å². The predicted molar refractivity (Wildman–Crippen MR) is 120 cm³/mol. The molecule has 10 heteroatoms. The van der Waals surface area contributed by atoms with Gasteiger partial charge in [-0.15, -0.1) is 0 Å². The first-order valence-electron chi connectivity index (χ1n) is 9.53. The molecule has 8 nitrogen and oxygen atoms in total. The number of hydrogen-bond donors (Lipinski definition) is 3. The van der Waals surface area contributed by atoms with Crippen LogP contribution in [-0.2, 0) is 0 Å². The number of nitrogens with zero attached hydrogens (tertiary/aromatic N) is 5. The molecule has 0 bridgehead atoms. The summed E-state index contributed by atoms with van der Waals surface area (Å²) < 4.78 is 0. The minimum absolute atomic E-state index is 0.526. The molecule has 0 radical (unpaired) electrons. The Bertz CT molecular complexity index is 1170. The molecule has 0 amide bonds. The Labute approximate surface area is 182 Å². The number of piperazine rings is 1. The molecule has 30 heavy (non-hydrogen) atoms. The SMILES string of the molecule is Clc1cccc(Cl)c1-c1nc2c(Nc3cnc(N4CCNCC4)cn3)nccc2[nH]1. The normalized spacial score (nSPS) is 14.3. The zero-order valence-electron chi connectivity index (χ0n) is 15.9. The van der Waals surface area contributed by atoms with Gasteiger partial charge in [0, 0.05) is 32.4 Å². The van der Waals surface area contributed by atoms with Crippen LogP contribution in [0.25, 0.3) is 22.4 Å². The molecule has 4 heterocycles. The van der Waals surface area contributed by atoms with E-state index in [9.17, 15) is 0 Å². The smallest absolute Gasteiger partial charge is 0.159 e. The lowest BCUT2D eigenvalue weighted by Gasteiger charge is -2.28. The minimum Gasteiger partial charge on any atom is -0.353 e. The summed E-state index contributed by atoms with van der Waals surface area (Å²) in [4.78, 5) is 23.6. The van der Waals surface area contributed by atoms with E-state index in [2.05, 4.69) is 40.5 Å². The Hall–Kier alpha value is -2.94. The Kier molecular flexibility index (Phi) is 5.12. The fourth-order valence-electron chi connectivity index (χ4n) is 3.43. The van der Waals surface area contributed by atoms with Crippen molar-refractivity contribution in [3.05, 3.63) is 52.9 Å². The molecule has 0 spiro atoms. The van der Waals surface area contributed by atoms with E-state index >= 15 is 0 Å². The fraction of sp³-hybridized carbons (Fsp3) is 0.200. The molecular weight excluding hydrogens is 423 g/mol. The van der Waals surface area contributed by atoms with Gasteiger partial charge in [0.25, 0.3) is 0 Å². The average Bonchev–Trinajstić information content (AvgIpc) is 3.20. The number of nitrogens with one attached hydrogen (secondary N) is 3. The number of H-pyrrole nitrogens is 1. The Balaban J connectivity index is 1.44. The van der Waals surface area contributed by atoms with E-state index in [0.29, 0.717) is 38.6 Å². The topological polar surface area (TPSA) is 94.7 Å². The highest BCUT2D eigenvalue weighted by atomic mass is 35.5. The fourth-order valence-corrected chi connectivity index (χ4v) is 4.01. The van der Waals surface area contributed by atoms with Gasteiger partial charge in [-0.25, -0.2) is 19.9 Å². The van der Waals surface area contributed by atoms with Crippen LogP contribution < -0.4 is 15.5 Å². The van der Waals surface area contributed by atoms with Gasteiger partial charge in [0.1, 0.15) is 23.0 Å². The molecule has 5 rings (SSSR count). The van der Waals surface area contributed by atoms with Gasteiger partial charge in [-0.2, -0.15) is 0 Å². The van der Waals surface area contributed by atoms with Gasteiger partial charge in [-0.1, -0.05) is 29.3 Å². The number of rotatable bonds is 4. The maximum absolute atomic E-state index is 6.34. The van der Waals surface area contributed by atoms with Gasteiger partial charge in [0.2, 0.25) is 0 Å². The quantitative estimate of drug-likeness (QED) is 0.443. The van der Waals surface area contributed by atoms with Crippen molar-refractivity contribution < 1.29 is 0 Å². The molecule has 3 N–H and O–H groups in total. The van der Waals surface area contributed by atoms with Crippen LogP contribution in [0.2, 0.25) is 10.0 Å². The maximum atomic E-state index is 6.34. The zero-order valence-corrected chi connectivity index (χ0v) is 17.4. The lowest BCUT2D eigenvalue weighted by molar-refractivity contribution is 0.584. The zero-order chi connectivity index (χ0) is 20.5. The van der Waals surface area contributed by atoms with Crippen LogP contribution in [-0.4, -0.2) is 51.1 Å². The molecule has 4 aromatic rings. The standard InChI is InChI=1S/C20H18Cl2N8/c21-12-2-1-3-13(22)17(12)19-27-14-4-5-24-20(18(14)29-19)28-15-10-26-16(11-25-15)30-8-6-23-7-9-30/h1-5,10-11,23H,6-9H2,(H,27,29)(H,24,25,28). The van der Waals surface area contributed by atoms with E-state index in [4.69, 9.17) is 23.2 Å².